The van der Waals surface area contributed by atoms with E-state index in [4.69, 9.17) is 0 Å². The molecule has 1 unspecified atom stereocenters. The fourth-order valence-corrected chi connectivity index (χ4v) is 1.78. The van der Waals surface area contributed by atoms with Crippen molar-refractivity contribution in [2.45, 2.75) is 19.1 Å². The summed E-state index contributed by atoms with van der Waals surface area (Å²) in [7, 11) is 1.81. The lowest BCUT2D eigenvalue weighted by atomic mass is 10.1. The number of alkyl halides is 3. The molecule has 1 heterocycles. The average Bonchev–Trinajstić information content (AvgIpc) is 2.22. The molecule has 16 heavy (non-hydrogen) atoms. The van der Waals surface area contributed by atoms with E-state index in [0.29, 0.717) is 5.69 Å². The van der Waals surface area contributed by atoms with E-state index in [2.05, 4.69) is 5.32 Å². The van der Waals surface area contributed by atoms with Crippen LogP contribution in [0.3, 0.4) is 0 Å². The molecule has 0 saturated carbocycles. The van der Waals surface area contributed by atoms with Crippen LogP contribution in [0, 0.1) is 0 Å². The topological polar surface area (TPSA) is 15.3 Å². The van der Waals surface area contributed by atoms with Gasteiger partial charge >= 0.3 is 6.18 Å². The third-order valence-electron chi connectivity index (χ3n) is 2.95. The van der Waals surface area contributed by atoms with Crippen LogP contribution in [0.25, 0.3) is 0 Å². The Morgan fingerprint density at radius 3 is 2.69 bits per heavy atom. The number of fused-ring (bicyclic) bond motifs is 1. The van der Waals surface area contributed by atoms with Crippen molar-refractivity contribution in [3.05, 3.63) is 23.8 Å². The zero-order valence-electron chi connectivity index (χ0n) is 9.10. The Bertz CT molecular complexity index is 401. The minimum Gasteiger partial charge on any atom is -0.381 e. The normalized spacial score (nSPS) is 20.3. The van der Waals surface area contributed by atoms with E-state index in [1.807, 2.05) is 18.9 Å². The van der Waals surface area contributed by atoms with Gasteiger partial charge in [0.25, 0.3) is 0 Å². The quantitative estimate of drug-likeness (QED) is 0.737. The maximum atomic E-state index is 12.5. The summed E-state index contributed by atoms with van der Waals surface area (Å²) < 4.78 is 37.6. The van der Waals surface area contributed by atoms with Crippen LogP contribution in [0.1, 0.15) is 12.5 Å². The molecule has 2 rings (SSSR count). The minimum absolute atomic E-state index is 0.191. The third-order valence-corrected chi connectivity index (χ3v) is 2.95. The van der Waals surface area contributed by atoms with Gasteiger partial charge in [0.1, 0.15) is 0 Å². The van der Waals surface area contributed by atoms with Gasteiger partial charge in [-0.25, -0.2) is 0 Å². The molecular weight excluding hydrogens is 217 g/mol. The van der Waals surface area contributed by atoms with E-state index >= 15 is 0 Å². The van der Waals surface area contributed by atoms with Gasteiger partial charge in [-0.15, -0.1) is 0 Å². The van der Waals surface area contributed by atoms with Crippen LogP contribution in [-0.2, 0) is 6.18 Å². The van der Waals surface area contributed by atoms with Crippen molar-refractivity contribution in [3.63, 3.8) is 0 Å². The molecular formula is C11H13F3N2. The van der Waals surface area contributed by atoms with Gasteiger partial charge in [-0.2, -0.15) is 13.2 Å². The van der Waals surface area contributed by atoms with Crippen LogP contribution in [0.2, 0.25) is 0 Å². The Kier molecular flexibility index (Phi) is 2.48. The number of halogens is 3. The SMILES string of the molecule is CC1CNc2ccc(C(F)(F)F)cc2N1C. The molecule has 0 bridgehead atoms. The molecule has 1 aliphatic rings. The third kappa shape index (κ3) is 1.81. The van der Waals surface area contributed by atoms with E-state index in [-0.39, 0.29) is 6.04 Å². The fraction of sp³-hybridized carbons (Fsp3) is 0.455. The molecule has 88 valence electrons. The van der Waals surface area contributed by atoms with Crippen LogP contribution < -0.4 is 10.2 Å². The molecule has 0 aromatic heterocycles. The highest BCUT2D eigenvalue weighted by Crippen LogP contribution is 2.37. The summed E-state index contributed by atoms with van der Waals surface area (Å²) in [4.78, 5) is 1.86. The van der Waals surface area contributed by atoms with Crippen LogP contribution in [-0.4, -0.2) is 19.6 Å². The van der Waals surface area contributed by atoms with Gasteiger partial charge < -0.3 is 10.2 Å². The molecule has 0 aliphatic carbocycles. The second kappa shape index (κ2) is 3.57. The van der Waals surface area contributed by atoms with Gasteiger partial charge in [-0.1, -0.05) is 0 Å². The van der Waals surface area contributed by atoms with Gasteiger partial charge in [0.05, 0.1) is 16.9 Å². The van der Waals surface area contributed by atoms with E-state index in [0.717, 1.165) is 18.3 Å². The van der Waals surface area contributed by atoms with E-state index in [9.17, 15) is 13.2 Å². The Labute approximate surface area is 92.1 Å². The number of anilines is 2. The van der Waals surface area contributed by atoms with Gasteiger partial charge in [0.2, 0.25) is 0 Å². The molecule has 1 aromatic carbocycles. The van der Waals surface area contributed by atoms with E-state index in [1.165, 1.54) is 12.1 Å². The molecule has 2 nitrogen and oxygen atoms in total. The molecule has 1 atom stereocenters. The van der Waals surface area contributed by atoms with Crippen molar-refractivity contribution in [1.29, 1.82) is 0 Å². The molecule has 0 fully saturated rings. The zero-order valence-corrected chi connectivity index (χ0v) is 9.10. The predicted molar refractivity (Wildman–Crippen MR) is 57.8 cm³/mol. The molecule has 0 radical (unpaired) electrons. The first-order chi connectivity index (χ1) is 7.39. The largest absolute Gasteiger partial charge is 0.416 e. The number of nitrogens with zero attached hydrogens (tertiary/aromatic N) is 1. The molecule has 1 aliphatic heterocycles. The summed E-state index contributed by atoms with van der Waals surface area (Å²) in [6, 6.07) is 3.98. The van der Waals surface area contributed by atoms with Gasteiger partial charge in [-0.3, -0.25) is 0 Å². The van der Waals surface area contributed by atoms with Crippen LogP contribution in [0.4, 0.5) is 24.5 Å². The average molecular weight is 230 g/mol. The number of hydrogen-bond donors (Lipinski definition) is 1. The molecule has 5 heteroatoms. The monoisotopic (exact) mass is 230 g/mol. The van der Waals surface area contributed by atoms with E-state index in [1.54, 1.807) is 0 Å². The first-order valence-corrected chi connectivity index (χ1v) is 5.07. The number of benzene rings is 1. The summed E-state index contributed by atoms with van der Waals surface area (Å²) in [6.07, 6.45) is -4.28. The molecule has 0 amide bonds. The Morgan fingerprint density at radius 1 is 1.38 bits per heavy atom. The summed E-state index contributed by atoms with van der Waals surface area (Å²) in [5.74, 6) is 0. The maximum absolute atomic E-state index is 12.5. The van der Waals surface area contributed by atoms with Gasteiger partial charge in [-0.05, 0) is 25.1 Å². The molecule has 1 aromatic rings. The lowest BCUT2D eigenvalue weighted by molar-refractivity contribution is -0.137. The highest BCUT2D eigenvalue weighted by Gasteiger charge is 2.32. The van der Waals surface area contributed by atoms with Crippen LogP contribution in [0.5, 0.6) is 0 Å². The minimum atomic E-state index is -4.28. The highest BCUT2D eigenvalue weighted by atomic mass is 19.4. The second-order valence-corrected chi connectivity index (χ2v) is 4.07. The van der Waals surface area contributed by atoms with Crippen molar-refractivity contribution in [2.24, 2.45) is 0 Å². The summed E-state index contributed by atoms with van der Waals surface area (Å²) in [6.45, 7) is 2.71. The van der Waals surface area contributed by atoms with Crippen molar-refractivity contribution >= 4 is 11.4 Å². The first kappa shape index (κ1) is 11.1. The number of likely N-dealkylation sites (N-methyl/N-ethyl adjacent to an activating group) is 1. The summed E-state index contributed by atoms with van der Waals surface area (Å²) >= 11 is 0. The van der Waals surface area contributed by atoms with Crippen molar-refractivity contribution in [1.82, 2.24) is 0 Å². The number of hydrogen-bond acceptors (Lipinski definition) is 2. The Hall–Kier alpha value is -1.39. The van der Waals surface area contributed by atoms with Gasteiger partial charge in [0, 0.05) is 19.6 Å². The standard InChI is InChI=1S/C11H13F3N2/c1-7-6-15-9-4-3-8(11(12,13)14)5-10(9)16(7)2/h3-5,7,15H,6H2,1-2H3. The summed E-state index contributed by atoms with van der Waals surface area (Å²) in [5, 5.41) is 3.11. The Morgan fingerprint density at radius 2 is 2.06 bits per heavy atom. The van der Waals surface area contributed by atoms with E-state index < -0.39 is 11.7 Å². The molecule has 1 N–H and O–H groups in total. The smallest absolute Gasteiger partial charge is 0.381 e. The fourth-order valence-electron chi connectivity index (χ4n) is 1.78. The number of nitrogens with one attached hydrogen (secondary N) is 1. The Balaban J connectivity index is 2.45. The van der Waals surface area contributed by atoms with Gasteiger partial charge in [0.15, 0.2) is 0 Å². The lowest BCUT2D eigenvalue weighted by Gasteiger charge is -2.35. The van der Waals surface area contributed by atoms with Crippen molar-refractivity contribution in [3.8, 4) is 0 Å². The highest BCUT2D eigenvalue weighted by molar-refractivity contribution is 5.73. The second-order valence-electron chi connectivity index (χ2n) is 4.07. The number of rotatable bonds is 0. The predicted octanol–water partition coefficient (Wildman–Crippen LogP) is 2.96. The van der Waals surface area contributed by atoms with Crippen LogP contribution in [0.15, 0.2) is 18.2 Å². The maximum Gasteiger partial charge on any atom is 0.416 e. The first-order valence-electron chi connectivity index (χ1n) is 5.07. The van der Waals surface area contributed by atoms with Crippen LogP contribution >= 0.6 is 0 Å². The van der Waals surface area contributed by atoms with Crippen molar-refractivity contribution < 1.29 is 13.2 Å². The zero-order chi connectivity index (χ0) is 11.9. The summed E-state index contributed by atoms with van der Waals surface area (Å²) in [5.41, 5.74) is 0.760. The lowest BCUT2D eigenvalue weighted by Crippen LogP contribution is -2.39. The molecule has 0 saturated heterocycles. The molecule has 0 spiro atoms. The van der Waals surface area contributed by atoms with Crippen molar-refractivity contribution in [2.75, 3.05) is 23.8 Å².